The molecule has 2 rings (SSSR count). The summed E-state index contributed by atoms with van der Waals surface area (Å²) < 4.78 is 5.56. The van der Waals surface area contributed by atoms with Gasteiger partial charge in [-0.25, -0.2) is 9.97 Å². The van der Waals surface area contributed by atoms with E-state index in [0.29, 0.717) is 6.01 Å². The lowest BCUT2D eigenvalue weighted by Gasteiger charge is -2.08. The Morgan fingerprint density at radius 1 is 1.22 bits per heavy atom. The van der Waals surface area contributed by atoms with E-state index in [1.54, 1.807) is 12.4 Å². The van der Waals surface area contributed by atoms with E-state index in [1.807, 2.05) is 46.2 Å². The van der Waals surface area contributed by atoms with Gasteiger partial charge in [-0.3, -0.25) is 0 Å². The molecule has 1 aliphatic heterocycles. The minimum Gasteiger partial charge on any atom is -0.425 e. The fourth-order valence-electron chi connectivity index (χ4n) is 1.37. The Morgan fingerprint density at radius 2 is 1.89 bits per heavy atom. The Kier molecular flexibility index (Phi) is 5.91. The molecule has 0 saturated heterocycles. The van der Waals surface area contributed by atoms with Crippen molar-refractivity contribution in [1.29, 1.82) is 0 Å². The van der Waals surface area contributed by atoms with Crippen LogP contribution in [0.4, 0.5) is 0 Å². The number of hydrogen-bond donors (Lipinski definition) is 0. The molecule has 1 aromatic heterocycles. The number of hydrogen-bond acceptors (Lipinski definition) is 4. The third kappa shape index (κ3) is 4.57. The van der Waals surface area contributed by atoms with E-state index >= 15 is 0 Å². The quantitative estimate of drug-likeness (QED) is 0.805. The molecule has 1 aliphatic rings. The molecule has 0 aromatic carbocycles. The molecule has 0 aliphatic carbocycles. The van der Waals surface area contributed by atoms with Crippen LogP contribution < -0.4 is 4.74 Å². The average molecular weight is 247 g/mol. The summed E-state index contributed by atoms with van der Waals surface area (Å²) in [5.74, 6) is 0.799. The van der Waals surface area contributed by atoms with Crippen molar-refractivity contribution in [2.24, 2.45) is 0 Å². The molecule has 4 nitrogen and oxygen atoms in total. The van der Waals surface area contributed by atoms with Gasteiger partial charge in [0.05, 0.1) is 0 Å². The van der Waals surface area contributed by atoms with Crippen molar-refractivity contribution in [2.45, 2.75) is 27.2 Å². The minimum atomic E-state index is 0.394. The molecule has 0 fully saturated rings. The van der Waals surface area contributed by atoms with Gasteiger partial charge >= 0.3 is 6.01 Å². The molecule has 18 heavy (non-hydrogen) atoms. The standard InChI is InChI=1S/C12H15N3O.C2H6/c1-10-8-13-12(14-9-10)16-11-4-3-6-15(2)7-5-11;1-2/h4-5,7-9H,3,6H2,1-2H3;1-2H3. The third-order valence-corrected chi connectivity index (χ3v) is 2.29. The van der Waals surface area contributed by atoms with Crippen LogP contribution in [-0.4, -0.2) is 28.5 Å². The second-order valence-electron chi connectivity index (χ2n) is 3.84. The summed E-state index contributed by atoms with van der Waals surface area (Å²) in [6, 6.07) is 0.394. The van der Waals surface area contributed by atoms with Crippen LogP contribution >= 0.6 is 0 Å². The summed E-state index contributed by atoms with van der Waals surface area (Å²) in [6.07, 6.45) is 10.4. The molecule has 4 heteroatoms. The maximum absolute atomic E-state index is 5.56. The van der Waals surface area contributed by atoms with E-state index in [2.05, 4.69) is 14.9 Å². The highest BCUT2D eigenvalue weighted by Crippen LogP contribution is 2.11. The van der Waals surface area contributed by atoms with Crippen molar-refractivity contribution < 1.29 is 4.74 Å². The predicted octanol–water partition coefficient (Wildman–Crippen LogP) is 2.92. The zero-order valence-corrected chi connectivity index (χ0v) is 11.6. The maximum Gasteiger partial charge on any atom is 0.321 e. The van der Waals surface area contributed by atoms with Crippen LogP contribution in [0.15, 0.2) is 36.5 Å². The van der Waals surface area contributed by atoms with Crippen LogP contribution in [0.2, 0.25) is 0 Å². The largest absolute Gasteiger partial charge is 0.425 e. The Balaban J connectivity index is 0.000000771. The second kappa shape index (κ2) is 7.48. The molecule has 0 amide bonds. The molecule has 0 radical (unpaired) electrons. The van der Waals surface area contributed by atoms with Gasteiger partial charge in [-0.2, -0.15) is 0 Å². The highest BCUT2D eigenvalue weighted by atomic mass is 16.5. The average Bonchev–Trinajstić information content (AvgIpc) is 2.60. The first kappa shape index (κ1) is 14.2. The molecule has 1 aromatic rings. The van der Waals surface area contributed by atoms with Gasteiger partial charge < -0.3 is 9.64 Å². The fraction of sp³-hybridized carbons (Fsp3) is 0.429. The molecule has 0 atom stereocenters. The van der Waals surface area contributed by atoms with E-state index in [9.17, 15) is 0 Å². The van der Waals surface area contributed by atoms with Gasteiger partial charge in [0, 0.05) is 32.2 Å². The Morgan fingerprint density at radius 3 is 2.56 bits per heavy atom. The second-order valence-corrected chi connectivity index (χ2v) is 3.84. The van der Waals surface area contributed by atoms with Crippen molar-refractivity contribution in [3.63, 3.8) is 0 Å². The van der Waals surface area contributed by atoms with Gasteiger partial charge in [0.1, 0.15) is 5.76 Å². The highest BCUT2D eigenvalue weighted by Gasteiger charge is 2.03. The van der Waals surface area contributed by atoms with E-state index in [0.717, 1.165) is 24.3 Å². The molecule has 0 N–H and O–H groups in total. The third-order valence-electron chi connectivity index (χ3n) is 2.29. The Hall–Kier alpha value is -1.84. The number of nitrogens with zero attached hydrogens (tertiary/aromatic N) is 3. The van der Waals surface area contributed by atoms with Crippen molar-refractivity contribution in [1.82, 2.24) is 14.9 Å². The maximum atomic E-state index is 5.56. The lowest BCUT2D eigenvalue weighted by atomic mass is 10.3. The Bertz CT molecular complexity index is 410. The fourth-order valence-corrected chi connectivity index (χ4v) is 1.37. The Labute approximate surface area is 109 Å². The van der Waals surface area contributed by atoms with Gasteiger partial charge in [0.15, 0.2) is 0 Å². The number of aromatic nitrogens is 2. The zero-order chi connectivity index (χ0) is 13.4. The number of aryl methyl sites for hydroxylation is 1. The van der Waals surface area contributed by atoms with Crippen LogP contribution in [-0.2, 0) is 0 Å². The normalized spacial score (nSPS) is 14.2. The molecule has 98 valence electrons. The predicted molar refractivity (Wildman–Crippen MR) is 73.2 cm³/mol. The first-order valence-corrected chi connectivity index (χ1v) is 6.29. The molecular formula is C14H21N3O. The van der Waals surface area contributed by atoms with Crippen LogP contribution in [0, 0.1) is 6.92 Å². The SMILES string of the molecule is CC.Cc1cnc(OC2=CCCN(C)C=C2)nc1. The first-order valence-electron chi connectivity index (χ1n) is 6.29. The summed E-state index contributed by atoms with van der Waals surface area (Å²) in [6.45, 7) is 6.95. The van der Waals surface area contributed by atoms with Gasteiger partial charge in [-0.1, -0.05) is 13.8 Å². The molecule has 0 spiro atoms. The highest BCUT2D eigenvalue weighted by molar-refractivity contribution is 5.18. The van der Waals surface area contributed by atoms with Crippen molar-refractivity contribution in [3.8, 4) is 6.01 Å². The number of rotatable bonds is 2. The molecule has 0 bridgehead atoms. The van der Waals surface area contributed by atoms with E-state index in [1.165, 1.54) is 0 Å². The summed E-state index contributed by atoms with van der Waals surface area (Å²) in [4.78, 5) is 10.3. The lowest BCUT2D eigenvalue weighted by molar-refractivity contribution is 0.405. The summed E-state index contributed by atoms with van der Waals surface area (Å²) in [7, 11) is 2.04. The van der Waals surface area contributed by atoms with Crippen LogP contribution in [0.25, 0.3) is 0 Å². The van der Waals surface area contributed by atoms with Gasteiger partial charge in [0.2, 0.25) is 0 Å². The van der Waals surface area contributed by atoms with Crippen LogP contribution in [0.3, 0.4) is 0 Å². The summed E-state index contributed by atoms with van der Waals surface area (Å²) in [5, 5.41) is 0. The summed E-state index contributed by atoms with van der Waals surface area (Å²) >= 11 is 0. The van der Waals surface area contributed by atoms with Gasteiger partial charge in [0.25, 0.3) is 0 Å². The van der Waals surface area contributed by atoms with Crippen molar-refractivity contribution >= 4 is 0 Å². The van der Waals surface area contributed by atoms with E-state index in [-0.39, 0.29) is 0 Å². The van der Waals surface area contributed by atoms with Crippen molar-refractivity contribution in [3.05, 3.63) is 42.1 Å². The smallest absolute Gasteiger partial charge is 0.321 e. The van der Waals surface area contributed by atoms with Gasteiger partial charge in [-0.15, -0.1) is 0 Å². The summed E-state index contributed by atoms with van der Waals surface area (Å²) in [5.41, 5.74) is 1.03. The van der Waals surface area contributed by atoms with E-state index < -0.39 is 0 Å². The molecule has 0 unspecified atom stereocenters. The first-order chi connectivity index (χ1) is 8.74. The van der Waals surface area contributed by atoms with Crippen LogP contribution in [0.5, 0.6) is 6.01 Å². The number of ether oxygens (including phenoxy) is 1. The topological polar surface area (TPSA) is 38.2 Å². The molecule has 2 heterocycles. The minimum absolute atomic E-state index is 0.394. The monoisotopic (exact) mass is 247 g/mol. The van der Waals surface area contributed by atoms with Crippen molar-refractivity contribution in [2.75, 3.05) is 13.6 Å². The lowest BCUT2D eigenvalue weighted by Crippen LogP contribution is -2.09. The van der Waals surface area contributed by atoms with Gasteiger partial charge in [-0.05, 0) is 31.1 Å². The zero-order valence-electron chi connectivity index (χ0n) is 11.6. The van der Waals surface area contributed by atoms with Crippen LogP contribution in [0.1, 0.15) is 25.8 Å². The number of allylic oxidation sites excluding steroid dienone is 1. The molecular weight excluding hydrogens is 226 g/mol. The molecule has 0 saturated carbocycles. The van der Waals surface area contributed by atoms with E-state index in [4.69, 9.17) is 4.74 Å².